The Balaban J connectivity index is 1.96. The van der Waals surface area contributed by atoms with Crippen molar-refractivity contribution in [3.05, 3.63) is 11.6 Å². The molecule has 3 atom stereocenters. The van der Waals surface area contributed by atoms with Gasteiger partial charge in [-0.05, 0) is 57.6 Å². The van der Waals surface area contributed by atoms with Crippen LogP contribution in [0, 0.1) is 17.8 Å². The Kier molecular flexibility index (Phi) is 3.58. The molecule has 1 fully saturated rings. The second kappa shape index (κ2) is 4.68. The largest absolute Gasteiger partial charge is 0.459 e. The molecule has 0 N–H and O–H groups in total. The Morgan fingerprint density at radius 2 is 2.24 bits per heavy atom. The number of carbonyl (C=O) groups excluding carboxylic acids is 1. The van der Waals surface area contributed by atoms with Gasteiger partial charge < -0.3 is 4.74 Å². The van der Waals surface area contributed by atoms with Gasteiger partial charge in [-0.2, -0.15) is 12.6 Å². The number of rotatable bonds is 4. The predicted octanol–water partition coefficient (Wildman–Crippen LogP) is 3.23. The van der Waals surface area contributed by atoms with E-state index in [2.05, 4.69) is 25.6 Å². The lowest BCUT2D eigenvalue weighted by Crippen LogP contribution is -2.33. The summed E-state index contributed by atoms with van der Waals surface area (Å²) in [5.74, 6) is 1.90. The van der Waals surface area contributed by atoms with Gasteiger partial charge in [-0.15, -0.1) is 0 Å². The molecule has 2 bridgehead atoms. The number of thiol groups is 1. The molecule has 0 spiro atoms. The monoisotopic (exact) mass is 254 g/mol. The normalized spacial score (nSPS) is 31.5. The maximum Gasteiger partial charge on any atom is 0.310 e. The molecule has 1 saturated carbocycles. The van der Waals surface area contributed by atoms with Crippen LogP contribution in [0.2, 0.25) is 0 Å². The first-order chi connectivity index (χ1) is 7.93. The van der Waals surface area contributed by atoms with Crippen molar-refractivity contribution >= 4 is 18.6 Å². The second-order valence-electron chi connectivity index (χ2n) is 6.01. The standard InChI is InChI=1S/C14H22O2S/c1-9-6-10-7-11(9)12(8-10)13(15)16-14(2,3)4-5-17/h6,10-12,17H,4-5,7-8H2,1-3H3. The van der Waals surface area contributed by atoms with Crippen molar-refractivity contribution < 1.29 is 9.53 Å². The van der Waals surface area contributed by atoms with Gasteiger partial charge in [0.15, 0.2) is 0 Å². The average molecular weight is 254 g/mol. The van der Waals surface area contributed by atoms with E-state index in [1.54, 1.807) is 0 Å². The van der Waals surface area contributed by atoms with E-state index in [0.717, 1.165) is 25.0 Å². The molecule has 2 nitrogen and oxygen atoms in total. The summed E-state index contributed by atoms with van der Waals surface area (Å²) < 4.78 is 5.65. The first-order valence-corrected chi connectivity index (χ1v) is 7.08. The maximum absolute atomic E-state index is 12.2. The van der Waals surface area contributed by atoms with E-state index < -0.39 is 0 Å². The Morgan fingerprint density at radius 3 is 2.76 bits per heavy atom. The van der Waals surface area contributed by atoms with Gasteiger partial charge in [0.25, 0.3) is 0 Å². The molecule has 3 heteroatoms. The summed E-state index contributed by atoms with van der Waals surface area (Å²) in [5, 5.41) is 0. The van der Waals surface area contributed by atoms with Crippen molar-refractivity contribution in [2.45, 2.75) is 45.6 Å². The number of esters is 1. The molecule has 0 saturated heterocycles. The lowest BCUT2D eigenvalue weighted by Gasteiger charge is -2.28. The van der Waals surface area contributed by atoms with E-state index >= 15 is 0 Å². The van der Waals surface area contributed by atoms with Gasteiger partial charge in [0.1, 0.15) is 5.60 Å². The van der Waals surface area contributed by atoms with E-state index in [4.69, 9.17) is 4.74 Å². The molecule has 3 unspecified atom stereocenters. The van der Waals surface area contributed by atoms with E-state index in [9.17, 15) is 4.79 Å². The van der Waals surface area contributed by atoms with Crippen LogP contribution < -0.4 is 0 Å². The van der Waals surface area contributed by atoms with E-state index in [1.165, 1.54) is 5.57 Å². The van der Waals surface area contributed by atoms with Gasteiger partial charge >= 0.3 is 5.97 Å². The number of hydrogen-bond acceptors (Lipinski definition) is 3. The third kappa shape index (κ3) is 2.70. The first kappa shape index (κ1) is 13.0. The van der Waals surface area contributed by atoms with Crippen LogP contribution in [-0.4, -0.2) is 17.3 Å². The summed E-state index contributed by atoms with van der Waals surface area (Å²) in [6.07, 6.45) is 5.27. The Hall–Kier alpha value is -0.440. The van der Waals surface area contributed by atoms with Crippen LogP contribution in [0.15, 0.2) is 11.6 Å². The summed E-state index contributed by atoms with van der Waals surface area (Å²) in [7, 11) is 0. The third-order valence-electron chi connectivity index (χ3n) is 4.08. The highest BCUT2D eigenvalue weighted by Gasteiger charge is 2.44. The minimum Gasteiger partial charge on any atom is -0.459 e. The molecular weight excluding hydrogens is 232 g/mol. The third-order valence-corrected chi connectivity index (χ3v) is 4.30. The van der Waals surface area contributed by atoms with Crippen molar-refractivity contribution in [3.63, 3.8) is 0 Å². The molecular formula is C14H22O2S. The Morgan fingerprint density at radius 1 is 1.53 bits per heavy atom. The Bertz CT molecular complexity index is 346. The molecule has 17 heavy (non-hydrogen) atoms. The smallest absolute Gasteiger partial charge is 0.310 e. The molecule has 2 aliphatic rings. The van der Waals surface area contributed by atoms with Gasteiger partial charge in [-0.3, -0.25) is 4.79 Å². The van der Waals surface area contributed by atoms with Gasteiger partial charge in [0.05, 0.1) is 5.92 Å². The van der Waals surface area contributed by atoms with Gasteiger partial charge in [0.2, 0.25) is 0 Å². The van der Waals surface area contributed by atoms with Crippen molar-refractivity contribution in [3.8, 4) is 0 Å². The van der Waals surface area contributed by atoms with E-state index in [0.29, 0.717) is 11.8 Å². The predicted molar refractivity (Wildman–Crippen MR) is 72.1 cm³/mol. The molecule has 2 rings (SSSR count). The number of fused-ring (bicyclic) bond motifs is 2. The van der Waals surface area contributed by atoms with Crippen LogP contribution in [0.1, 0.15) is 40.0 Å². The van der Waals surface area contributed by atoms with E-state index in [1.807, 2.05) is 13.8 Å². The highest BCUT2D eigenvalue weighted by Crippen LogP contribution is 2.48. The average Bonchev–Trinajstić information content (AvgIpc) is 2.74. The zero-order chi connectivity index (χ0) is 12.6. The molecule has 0 amide bonds. The zero-order valence-electron chi connectivity index (χ0n) is 10.9. The minimum absolute atomic E-state index is 0.00302. The fourth-order valence-electron chi connectivity index (χ4n) is 3.14. The van der Waals surface area contributed by atoms with Crippen LogP contribution in [-0.2, 0) is 9.53 Å². The number of allylic oxidation sites excluding steroid dienone is 2. The molecule has 96 valence electrons. The molecule has 0 heterocycles. The molecule has 0 aromatic carbocycles. The lowest BCUT2D eigenvalue weighted by atomic mass is 9.88. The fourth-order valence-corrected chi connectivity index (χ4v) is 3.68. The summed E-state index contributed by atoms with van der Waals surface area (Å²) in [5.41, 5.74) is 1.01. The van der Waals surface area contributed by atoms with Crippen molar-refractivity contribution in [1.29, 1.82) is 0 Å². The topological polar surface area (TPSA) is 26.3 Å². The Labute approximate surface area is 109 Å². The lowest BCUT2D eigenvalue weighted by molar-refractivity contribution is -0.162. The highest BCUT2D eigenvalue weighted by atomic mass is 32.1. The maximum atomic E-state index is 12.2. The number of carbonyl (C=O) groups is 1. The van der Waals surface area contributed by atoms with Gasteiger partial charge in [0, 0.05) is 0 Å². The van der Waals surface area contributed by atoms with Crippen molar-refractivity contribution in [1.82, 2.24) is 0 Å². The molecule has 0 aliphatic heterocycles. The van der Waals surface area contributed by atoms with Crippen LogP contribution in [0.4, 0.5) is 0 Å². The minimum atomic E-state index is -0.377. The SMILES string of the molecule is CC1=CC2CC(C(=O)OC(C)(C)CCS)C1C2. The van der Waals surface area contributed by atoms with E-state index in [-0.39, 0.29) is 17.5 Å². The molecule has 0 aromatic rings. The number of ether oxygens (including phenoxy) is 1. The second-order valence-corrected chi connectivity index (χ2v) is 6.46. The summed E-state index contributed by atoms with van der Waals surface area (Å²) in [6, 6.07) is 0. The zero-order valence-corrected chi connectivity index (χ0v) is 11.8. The summed E-state index contributed by atoms with van der Waals surface area (Å²) in [4.78, 5) is 12.2. The van der Waals surface area contributed by atoms with Crippen molar-refractivity contribution in [2.24, 2.45) is 17.8 Å². The molecule has 2 aliphatic carbocycles. The highest BCUT2D eigenvalue weighted by molar-refractivity contribution is 7.80. The summed E-state index contributed by atoms with van der Waals surface area (Å²) >= 11 is 4.20. The van der Waals surface area contributed by atoms with Crippen LogP contribution in [0.25, 0.3) is 0 Å². The number of hydrogen-bond donors (Lipinski definition) is 1. The quantitative estimate of drug-likeness (QED) is 0.473. The molecule has 0 radical (unpaired) electrons. The van der Waals surface area contributed by atoms with Crippen molar-refractivity contribution in [2.75, 3.05) is 5.75 Å². The van der Waals surface area contributed by atoms with Gasteiger partial charge in [-0.25, -0.2) is 0 Å². The fraction of sp³-hybridized carbons (Fsp3) is 0.786. The van der Waals surface area contributed by atoms with Crippen LogP contribution in [0.5, 0.6) is 0 Å². The molecule has 0 aromatic heterocycles. The first-order valence-electron chi connectivity index (χ1n) is 6.45. The van der Waals surface area contributed by atoms with Gasteiger partial charge in [-0.1, -0.05) is 11.6 Å². The van der Waals surface area contributed by atoms with Crippen LogP contribution in [0.3, 0.4) is 0 Å². The van der Waals surface area contributed by atoms with Crippen LogP contribution >= 0.6 is 12.6 Å². The summed E-state index contributed by atoms with van der Waals surface area (Å²) in [6.45, 7) is 6.08.